The zero-order chi connectivity index (χ0) is 11.9. The van der Waals surface area contributed by atoms with Crippen LogP contribution in [0.3, 0.4) is 0 Å². The van der Waals surface area contributed by atoms with Gasteiger partial charge in [0, 0.05) is 12.8 Å². The summed E-state index contributed by atoms with van der Waals surface area (Å²) in [7, 11) is 0. The van der Waals surface area contributed by atoms with E-state index < -0.39 is 6.29 Å². The van der Waals surface area contributed by atoms with Crippen LogP contribution in [-0.4, -0.2) is 48.5 Å². The van der Waals surface area contributed by atoms with Crippen LogP contribution in [0.4, 0.5) is 0 Å². The van der Waals surface area contributed by atoms with Crippen molar-refractivity contribution in [1.82, 2.24) is 0 Å². The molecule has 3 saturated heterocycles. The molecule has 0 aromatic heterocycles. The molecular weight excluding hydrogens is 222 g/mol. The van der Waals surface area contributed by atoms with Gasteiger partial charge in [-0.1, -0.05) is 0 Å². The Labute approximate surface area is 100 Å². The minimum Gasteiger partial charge on any atom is -0.366 e. The van der Waals surface area contributed by atoms with Gasteiger partial charge in [-0.05, 0) is 12.8 Å². The number of rotatable bonds is 2. The molecule has 0 aromatic carbocycles. The Balaban J connectivity index is 1.70. The summed E-state index contributed by atoms with van der Waals surface area (Å²) in [5, 5.41) is 9.60. The largest absolute Gasteiger partial charge is 0.366 e. The third-order valence-corrected chi connectivity index (χ3v) is 4.00. The molecule has 0 aromatic rings. The van der Waals surface area contributed by atoms with Gasteiger partial charge in [0.15, 0.2) is 6.29 Å². The minimum absolute atomic E-state index is 0.0499. The molecule has 0 saturated carbocycles. The number of aliphatic hydroxyl groups excluding tert-OH is 1. The topological polar surface area (TPSA) is 52.3 Å². The summed E-state index contributed by atoms with van der Waals surface area (Å²) in [5.41, 5.74) is -0.366. The number of nitrogens with zero attached hydrogens (tertiary/aromatic N) is 1. The van der Waals surface area contributed by atoms with E-state index in [1.54, 1.807) is 0 Å². The summed E-state index contributed by atoms with van der Waals surface area (Å²) in [5.74, 6) is 0. The zero-order valence-corrected chi connectivity index (χ0v) is 9.67. The van der Waals surface area contributed by atoms with Crippen molar-refractivity contribution in [2.45, 2.75) is 55.9 Å². The SMILES string of the molecule is [C-]#[N+]CC[C@H]1CC[C@@H]2O[C@@H]3CC2(COC3O)O1. The molecule has 3 aliphatic heterocycles. The summed E-state index contributed by atoms with van der Waals surface area (Å²) in [4.78, 5) is 3.37. The highest BCUT2D eigenvalue weighted by Crippen LogP contribution is 2.46. The van der Waals surface area contributed by atoms with Crippen LogP contribution in [0, 0.1) is 6.57 Å². The molecule has 17 heavy (non-hydrogen) atoms. The summed E-state index contributed by atoms with van der Waals surface area (Å²) < 4.78 is 17.2. The average molecular weight is 239 g/mol. The summed E-state index contributed by atoms with van der Waals surface area (Å²) >= 11 is 0. The quantitative estimate of drug-likeness (QED) is 0.721. The lowest BCUT2D eigenvalue weighted by atomic mass is 9.85. The fourth-order valence-electron chi connectivity index (χ4n) is 3.14. The van der Waals surface area contributed by atoms with E-state index in [2.05, 4.69) is 4.85 Å². The Kier molecular flexibility index (Phi) is 2.83. The van der Waals surface area contributed by atoms with Crippen LogP contribution >= 0.6 is 0 Å². The van der Waals surface area contributed by atoms with Gasteiger partial charge in [-0.25, -0.2) is 6.57 Å². The maximum atomic E-state index is 9.60. The number of aliphatic hydroxyl groups is 1. The second kappa shape index (κ2) is 4.21. The molecule has 2 unspecified atom stereocenters. The third-order valence-electron chi connectivity index (χ3n) is 4.00. The molecule has 3 rings (SSSR count). The first-order valence-electron chi connectivity index (χ1n) is 6.20. The summed E-state index contributed by atoms with van der Waals surface area (Å²) in [6.45, 7) is 7.74. The van der Waals surface area contributed by atoms with Gasteiger partial charge in [-0.15, -0.1) is 0 Å². The maximum absolute atomic E-state index is 9.60. The Morgan fingerprint density at radius 2 is 2.29 bits per heavy atom. The minimum atomic E-state index is -0.809. The van der Waals surface area contributed by atoms with E-state index >= 15 is 0 Å². The molecule has 0 amide bonds. The molecule has 3 fully saturated rings. The molecule has 94 valence electrons. The lowest BCUT2D eigenvalue weighted by molar-refractivity contribution is -0.222. The normalized spacial score (nSPS) is 48.5. The first-order valence-corrected chi connectivity index (χ1v) is 6.20. The van der Waals surface area contributed by atoms with E-state index in [1.807, 2.05) is 0 Å². The highest BCUT2D eigenvalue weighted by Gasteiger charge is 2.58. The van der Waals surface area contributed by atoms with E-state index in [0.29, 0.717) is 19.6 Å². The van der Waals surface area contributed by atoms with Crippen molar-refractivity contribution in [2.75, 3.05) is 13.2 Å². The van der Waals surface area contributed by atoms with E-state index in [-0.39, 0.29) is 23.9 Å². The Morgan fingerprint density at radius 1 is 1.41 bits per heavy atom. The van der Waals surface area contributed by atoms with Crippen LogP contribution in [0.2, 0.25) is 0 Å². The summed E-state index contributed by atoms with van der Waals surface area (Å²) in [6, 6.07) is 0. The molecule has 0 radical (unpaired) electrons. The number of hydrogen-bond acceptors (Lipinski definition) is 4. The van der Waals surface area contributed by atoms with Crippen molar-refractivity contribution in [1.29, 1.82) is 0 Å². The second-order valence-corrected chi connectivity index (χ2v) is 5.12. The molecule has 1 N–H and O–H groups in total. The monoisotopic (exact) mass is 239 g/mol. The summed E-state index contributed by atoms with van der Waals surface area (Å²) in [6.07, 6.45) is 2.51. The molecule has 0 aliphatic carbocycles. The van der Waals surface area contributed by atoms with Crippen molar-refractivity contribution in [3.8, 4) is 0 Å². The Morgan fingerprint density at radius 3 is 3.12 bits per heavy atom. The highest BCUT2D eigenvalue weighted by molar-refractivity contribution is 5.04. The first-order chi connectivity index (χ1) is 8.23. The molecular formula is C12H17NO4. The van der Waals surface area contributed by atoms with Crippen LogP contribution in [0.15, 0.2) is 0 Å². The smallest absolute Gasteiger partial charge is 0.217 e. The first kappa shape index (κ1) is 11.4. The van der Waals surface area contributed by atoms with Gasteiger partial charge in [0.05, 0.1) is 18.8 Å². The van der Waals surface area contributed by atoms with Crippen LogP contribution in [0.5, 0.6) is 0 Å². The number of ether oxygens (including phenoxy) is 3. The van der Waals surface area contributed by atoms with Crippen LogP contribution in [0.25, 0.3) is 4.85 Å². The molecule has 5 nitrogen and oxygen atoms in total. The van der Waals surface area contributed by atoms with Crippen molar-refractivity contribution >= 4 is 0 Å². The van der Waals surface area contributed by atoms with Crippen LogP contribution in [-0.2, 0) is 14.2 Å². The van der Waals surface area contributed by atoms with E-state index in [4.69, 9.17) is 20.8 Å². The maximum Gasteiger partial charge on any atom is 0.217 e. The zero-order valence-electron chi connectivity index (χ0n) is 9.67. The highest BCUT2D eigenvalue weighted by atomic mass is 16.7. The van der Waals surface area contributed by atoms with Gasteiger partial charge >= 0.3 is 0 Å². The number of fused-ring (bicyclic) bond motifs is 1. The van der Waals surface area contributed by atoms with Gasteiger partial charge in [-0.2, -0.15) is 0 Å². The van der Waals surface area contributed by atoms with Gasteiger partial charge < -0.3 is 24.2 Å². The van der Waals surface area contributed by atoms with Crippen molar-refractivity contribution in [3.05, 3.63) is 11.4 Å². The van der Waals surface area contributed by atoms with Gasteiger partial charge in [0.2, 0.25) is 6.54 Å². The van der Waals surface area contributed by atoms with Crippen LogP contribution in [0.1, 0.15) is 25.7 Å². The lowest BCUT2D eigenvalue weighted by Gasteiger charge is -2.42. The van der Waals surface area contributed by atoms with Crippen molar-refractivity contribution < 1.29 is 19.3 Å². The van der Waals surface area contributed by atoms with Crippen molar-refractivity contribution in [2.24, 2.45) is 0 Å². The second-order valence-electron chi connectivity index (χ2n) is 5.12. The third kappa shape index (κ3) is 1.85. The predicted octanol–water partition coefficient (Wildman–Crippen LogP) is 0.720. The standard InChI is InChI=1S/C12H17NO4/c1-13-5-4-8-2-3-10-12(17-8)6-9(16-10)11(14)15-7-12/h8-11,14H,2-7H2/t8-,9-,10+,11?,12?/m1/s1. The molecule has 1 spiro atoms. The van der Waals surface area contributed by atoms with E-state index in [9.17, 15) is 5.11 Å². The fourth-order valence-corrected chi connectivity index (χ4v) is 3.14. The Hall–Kier alpha value is -0.670. The van der Waals surface area contributed by atoms with Gasteiger partial charge in [-0.3, -0.25) is 0 Å². The van der Waals surface area contributed by atoms with Crippen molar-refractivity contribution in [3.63, 3.8) is 0 Å². The fraction of sp³-hybridized carbons (Fsp3) is 0.917. The number of hydrogen-bond donors (Lipinski definition) is 1. The molecule has 3 heterocycles. The average Bonchev–Trinajstić information content (AvgIpc) is 2.66. The lowest BCUT2D eigenvalue weighted by Crippen LogP contribution is -2.54. The van der Waals surface area contributed by atoms with Gasteiger partial charge in [0.1, 0.15) is 11.7 Å². The molecule has 2 bridgehead atoms. The molecule has 3 aliphatic rings. The van der Waals surface area contributed by atoms with E-state index in [0.717, 1.165) is 19.3 Å². The van der Waals surface area contributed by atoms with Gasteiger partial charge in [0.25, 0.3) is 0 Å². The Bertz CT molecular complexity index is 342. The predicted molar refractivity (Wildman–Crippen MR) is 58.2 cm³/mol. The molecule has 5 heteroatoms. The molecule has 5 atom stereocenters. The van der Waals surface area contributed by atoms with E-state index in [1.165, 1.54) is 0 Å². The van der Waals surface area contributed by atoms with Crippen LogP contribution < -0.4 is 0 Å².